The first-order chi connectivity index (χ1) is 10.2. The smallest absolute Gasteiger partial charge is 0.0897 e. The second-order valence-corrected chi connectivity index (χ2v) is 7.37. The largest absolute Gasteiger partial charge is 0.388 e. The van der Waals surface area contributed by atoms with Gasteiger partial charge in [-0.15, -0.1) is 22.7 Å². The van der Waals surface area contributed by atoms with Crippen LogP contribution < -0.4 is 0 Å². The maximum Gasteiger partial charge on any atom is 0.0897 e. The van der Waals surface area contributed by atoms with E-state index in [1.807, 2.05) is 24.4 Å². The van der Waals surface area contributed by atoms with Gasteiger partial charge in [-0.25, -0.2) is 4.98 Å². The Morgan fingerprint density at radius 1 is 1.52 bits per heavy atom. The van der Waals surface area contributed by atoms with Crippen LogP contribution in [-0.2, 0) is 11.3 Å². The molecule has 21 heavy (non-hydrogen) atoms. The Hall–Kier alpha value is -0.790. The fourth-order valence-electron chi connectivity index (χ4n) is 2.66. The van der Waals surface area contributed by atoms with Crippen molar-refractivity contribution in [2.24, 2.45) is 0 Å². The van der Waals surface area contributed by atoms with Crippen molar-refractivity contribution in [3.63, 3.8) is 0 Å². The van der Waals surface area contributed by atoms with Crippen molar-refractivity contribution in [2.45, 2.75) is 32.0 Å². The number of aryl methyl sites for hydroxylation is 1. The zero-order valence-corrected chi connectivity index (χ0v) is 13.7. The number of aliphatic hydroxyl groups excluding tert-OH is 1. The molecule has 1 aliphatic rings. The molecule has 3 heterocycles. The van der Waals surface area contributed by atoms with Gasteiger partial charge in [0.1, 0.15) is 0 Å². The summed E-state index contributed by atoms with van der Waals surface area (Å²) in [4.78, 5) is 7.96. The van der Waals surface area contributed by atoms with Crippen molar-refractivity contribution in [3.8, 4) is 0 Å². The molecule has 2 aromatic heterocycles. The molecule has 0 amide bonds. The van der Waals surface area contributed by atoms with Crippen LogP contribution in [0.25, 0.3) is 0 Å². The lowest BCUT2D eigenvalue weighted by Gasteiger charge is -2.36. The molecular formula is C15H20N2O2S2. The third-order valence-electron chi connectivity index (χ3n) is 3.75. The number of hydrogen-bond donors (Lipinski definition) is 1. The summed E-state index contributed by atoms with van der Waals surface area (Å²) in [6, 6.07) is 4.22. The quantitative estimate of drug-likeness (QED) is 0.918. The number of aliphatic hydroxyl groups is 1. The van der Waals surface area contributed by atoms with Crippen LogP contribution in [0.4, 0.5) is 0 Å². The van der Waals surface area contributed by atoms with E-state index in [0.29, 0.717) is 13.0 Å². The van der Waals surface area contributed by atoms with Crippen LogP contribution in [0.5, 0.6) is 0 Å². The molecule has 114 valence electrons. The van der Waals surface area contributed by atoms with Crippen LogP contribution in [0.2, 0.25) is 0 Å². The fourth-order valence-corrected chi connectivity index (χ4v) is 3.99. The molecule has 1 fully saturated rings. The standard InChI is InChI=1S/C15H20N2O2S2/c1-11-16-12(10-21-11)8-17-4-5-19-9-13(17)7-14(18)15-3-2-6-20-15/h2-3,6,10,13-14,18H,4-5,7-9H2,1H3. The number of aromatic nitrogens is 1. The summed E-state index contributed by atoms with van der Waals surface area (Å²) >= 11 is 3.30. The molecule has 1 saturated heterocycles. The lowest BCUT2D eigenvalue weighted by molar-refractivity contribution is -0.0300. The molecular weight excluding hydrogens is 304 g/mol. The molecule has 0 radical (unpaired) electrons. The van der Waals surface area contributed by atoms with Gasteiger partial charge in [0.15, 0.2) is 0 Å². The highest BCUT2D eigenvalue weighted by molar-refractivity contribution is 7.10. The topological polar surface area (TPSA) is 45.6 Å². The van der Waals surface area contributed by atoms with Gasteiger partial charge in [-0.3, -0.25) is 4.90 Å². The fraction of sp³-hybridized carbons (Fsp3) is 0.533. The Morgan fingerprint density at radius 2 is 2.43 bits per heavy atom. The van der Waals surface area contributed by atoms with Gasteiger partial charge in [0.05, 0.1) is 30.0 Å². The summed E-state index contributed by atoms with van der Waals surface area (Å²) < 4.78 is 5.61. The molecule has 0 spiro atoms. The van der Waals surface area contributed by atoms with Crippen LogP contribution in [0.15, 0.2) is 22.9 Å². The highest BCUT2D eigenvalue weighted by atomic mass is 32.1. The first-order valence-electron chi connectivity index (χ1n) is 7.16. The van der Waals surface area contributed by atoms with Gasteiger partial charge in [0.25, 0.3) is 0 Å². The molecule has 2 atom stereocenters. The molecule has 2 unspecified atom stereocenters. The van der Waals surface area contributed by atoms with E-state index in [2.05, 4.69) is 15.3 Å². The Kier molecular flexibility index (Phi) is 5.03. The van der Waals surface area contributed by atoms with Crippen LogP contribution >= 0.6 is 22.7 Å². The van der Waals surface area contributed by atoms with Crippen LogP contribution in [-0.4, -0.2) is 40.8 Å². The van der Waals surface area contributed by atoms with Crippen molar-refractivity contribution in [3.05, 3.63) is 38.5 Å². The van der Waals surface area contributed by atoms with Gasteiger partial charge in [-0.05, 0) is 24.8 Å². The molecule has 2 aromatic rings. The number of hydrogen-bond acceptors (Lipinski definition) is 6. The van der Waals surface area contributed by atoms with Gasteiger partial charge in [0, 0.05) is 29.4 Å². The number of rotatable bonds is 5. The third-order valence-corrected chi connectivity index (χ3v) is 5.54. The maximum absolute atomic E-state index is 10.4. The Labute approximate surface area is 133 Å². The van der Waals surface area contributed by atoms with Gasteiger partial charge in [0.2, 0.25) is 0 Å². The van der Waals surface area contributed by atoms with Gasteiger partial charge in [-0.2, -0.15) is 0 Å². The van der Waals surface area contributed by atoms with Gasteiger partial charge < -0.3 is 9.84 Å². The van der Waals surface area contributed by atoms with E-state index in [4.69, 9.17) is 4.74 Å². The normalized spacial score (nSPS) is 21.5. The second kappa shape index (κ2) is 6.98. The second-order valence-electron chi connectivity index (χ2n) is 5.32. The van der Waals surface area contributed by atoms with E-state index in [-0.39, 0.29) is 6.04 Å². The average Bonchev–Trinajstić information content (AvgIpc) is 3.13. The molecule has 3 rings (SSSR count). The summed E-state index contributed by atoms with van der Waals surface area (Å²) in [5.74, 6) is 0. The highest BCUT2D eigenvalue weighted by Gasteiger charge is 2.26. The number of nitrogens with zero attached hydrogens (tertiary/aromatic N) is 2. The summed E-state index contributed by atoms with van der Waals surface area (Å²) in [5.41, 5.74) is 1.12. The minimum atomic E-state index is -0.406. The van der Waals surface area contributed by atoms with Crippen LogP contribution in [0, 0.1) is 6.92 Å². The molecule has 0 saturated carbocycles. The first kappa shape index (κ1) is 15.1. The zero-order valence-electron chi connectivity index (χ0n) is 12.1. The Bertz CT molecular complexity index is 556. The minimum absolute atomic E-state index is 0.248. The van der Waals surface area contributed by atoms with Crippen molar-refractivity contribution in [2.75, 3.05) is 19.8 Å². The van der Waals surface area contributed by atoms with E-state index < -0.39 is 6.10 Å². The average molecular weight is 324 g/mol. The van der Waals surface area contributed by atoms with Crippen LogP contribution in [0.1, 0.15) is 28.1 Å². The number of thiazole rings is 1. The lowest BCUT2D eigenvalue weighted by atomic mass is 10.1. The Morgan fingerprint density at radius 3 is 3.14 bits per heavy atom. The Balaban J connectivity index is 1.63. The van der Waals surface area contributed by atoms with Crippen molar-refractivity contribution in [1.29, 1.82) is 0 Å². The minimum Gasteiger partial charge on any atom is -0.388 e. The van der Waals surface area contributed by atoms with E-state index in [0.717, 1.165) is 35.3 Å². The summed E-state index contributed by atoms with van der Waals surface area (Å²) in [6.07, 6.45) is 0.306. The SMILES string of the molecule is Cc1nc(CN2CCOCC2CC(O)c2cccs2)cs1. The molecule has 0 aliphatic carbocycles. The zero-order chi connectivity index (χ0) is 14.7. The predicted octanol–water partition coefficient (Wildman–Crippen LogP) is 2.84. The number of ether oxygens (including phenoxy) is 1. The molecule has 4 nitrogen and oxygen atoms in total. The molecule has 6 heteroatoms. The molecule has 0 aromatic carbocycles. The maximum atomic E-state index is 10.4. The summed E-state index contributed by atoms with van der Waals surface area (Å²) in [6.45, 7) is 5.22. The third kappa shape index (κ3) is 3.90. The monoisotopic (exact) mass is 324 g/mol. The van der Waals surface area contributed by atoms with Crippen molar-refractivity contribution < 1.29 is 9.84 Å². The highest BCUT2D eigenvalue weighted by Crippen LogP contribution is 2.26. The number of thiophene rings is 1. The van der Waals surface area contributed by atoms with E-state index in [1.165, 1.54) is 0 Å². The first-order valence-corrected chi connectivity index (χ1v) is 8.92. The van der Waals surface area contributed by atoms with E-state index in [1.54, 1.807) is 22.7 Å². The lowest BCUT2D eigenvalue weighted by Crippen LogP contribution is -2.45. The van der Waals surface area contributed by atoms with Gasteiger partial charge in [-0.1, -0.05) is 6.07 Å². The number of morpholine rings is 1. The van der Waals surface area contributed by atoms with E-state index >= 15 is 0 Å². The summed E-state index contributed by atoms with van der Waals surface area (Å²) in [5, 5.41) is 15.6. The van der Waals surface area contributed by atoms with E-state index in [9.17, 15) is 5.11 Å². The summed E-state index contributed by atoms with van der Waals surface area (Å²) in [7, 11) is 0. The molecule has 1 aliphatic heterocycles. The van der Waals surface area contributed by atoms with Gasteiger partial charge >= 0.3 is 0 Å². The molecule has 0 bridgehead atoms. The van der Waals surface area contributed by atoms with Crippen LogP contribution in [0.3, 0.4) is 0 Å². The molecule has 1 N–H and O–H groups in total. The predicted molar refractivity (Wildman–Crippen MR) is 85.8 cm³/mol. The van der Waals surface area contributed by atoms with Crippen molar-refractivity contribution in [1.82, 2.24) is 9.88 Å². The van der Waals surface area contributed by atoms with Crippen molar-refractivity contribution >= 4 is 22.7 Å².